The van der Waals surface area contributed by atoms with Crippen LogP contribution in [0.25, 0.3) is 0 Å². The number of aldehydes is 1. The van der Waals surface area contributed by atoms with Crippen molar-refractivity contribution < 1.29 is 4.79 Å². The molecule has 1 nitrogen and oxygen atoms in total. The van der Waals surface area contributed by atoms with Gasteiger partial charge >= 0.3 is 72.6 Å². The van der Waals surface area contributed by atoms with Crippen molar-refractivity contribution in [3.63, 3.8) is 0 Å². The monoisotopic (exact) mass is 214 g/mol. The standard InChI is InChI=1S/C9H10OSe/c1-8(7-10)11-9-5-3-2-4-6-9/h2-8H,1H3/t8-/m0/s1. The van der Waals surface area contributed by atoms with E-state index in [4.69, 9.17) is 0 Å². The quantitative estimate of drug-likeness (QED) is 0.541. The van der Waals surface area contributed by atoms with Gasteiger partial charge in [-0.3, -0.25) is 0 Å². The van der Waals surface area contributed by atoms with E-state index >= 15 is 0 Å². The summed E-state index contributed by atoms with van der Waals surface area (Å²) in [4.78, 5) is 10.5. The van der Waals surface area contributed by atoms with Gasteiger partial charge in [0.15, 0.2) is 0 Å². The molecule has 11 heavy (non-hydrogen) atoms. The first-order valence-corrected chi connectivity index (χ1v) is 5.34. The van der Waals surface area contributed by atoms with E-state index < -0.39 is 0 Å². The Morgan fingerprint density at radius 3 is 2.55 bits per heavy atom. The minimum absolute atomic E-state index is 0.199. The van der Waals surface area contributed by atoms with Crippen LogP contribution in [-0.2, 0) is 4.79 Å². The fraction of sp³-hybridized carbons (Fsp3) is 0.222. The maximum absolute atomic E-state index is 10.3. The van der Waals surface area contributed by atoms with E-state index in [1.807, 2.05) is 25.1 Å². The van der Waals surface area contributed by atoms with Crippen molar-refractivity contribution in [1.29, 1.82) is 0 Å². The first kappa shape index (κ1) is 8.51. The third kappa shape index (κ3) is 2.87. The number of benzene rings is 1. The molecule has 0 heterocycles. The van der Waals surface area contributed by atoms with E-state index in [1.165, 1.54) is 4.46 Å². The van der Waals surface area contributed by atoms with Gasteiger partial charge in [0.05, 0.1) is 0 Å². The molecular weight excluding hydrogens is 203 g/mol. The summed E-state index contributed by atoms with van der Waals surface area (Å²) < 4.78 is 1.29. The Kier molecular flexibility index (Phi) is 3.34. The Balaban J connectivity index is 2.57. The molecule has 1 aromatic carbocycles. The second kappa shape index (κ2) is 4.32. The van der Waals surface area contributed by atoms with Gasteiger partial charge < -0.3 is 0 Å². The Labute approximate surface area is 73.0 Å². The summed E-state index contributed by atoms with van der Waals surface area (Å²) in [5.41, 5.74) is 0. The Hall–Kier alpha value is -0.591. The molecule has 2 heteroatoms. The van der Waals surface area contributed by atoms with Crippen LogP contribution in [-0.4, -0.2) is 21.2 Å². The molecule has 1 atom stereocenters. The molecule has 58 valence electrons. The van der Waals surface area contributed by atoms with Crippen molar-refractivity contribution in [3.05, 3.63) is 30.3 Å². The zero-order valence-corrected chi connectivity index (χ0v) is 8.07. The summed E-state index contributed by atoms with van der Waals surface area (Å²) in [6.45, 7) is 1.96. The summed E-state index contributed by atoms with van der Waals surface area (Å²) in [6.07, 6.45) is 1.02. The summed E-state index contributed by atoms with van der Waals surface area (Å²) >= 11 is 0.309. The van der Waals surface area contributed by atoms with Crippen molar-refractivity contribution >= 4 is 25.7 Å². The van der Waals surface area contributed by atoms with Crippen LogP contribution in [0.5, 0.6) is 0 Å². The van der Waals surface area contributed by atoms with E-state index in [-0.39, 0.29) is 4.82 Å². The summed E-state index contributed by atoms with van der Waals surface area (Å²) in [7, 11) is 0. The van der Waals surface area contributed by atoms with Gasteiger partial charge in [0.1, 0.15) is 0 Å². The summed E-state index contributed by atoms with van der Waals surface area (Å²) in [6, 6.07) is 10.1. The third-order valence-corrected chi connectivity index (χ3v) is 3.41. The SMILES string of the molecule is C[C@@H](C=O)[Se]c1ccccc1. The molecule has 1 rings (SSSR count). The van der Waals surface area contributed by atoms with Gasteiger partial charge in [-0.05, 0) is 0 Å². The molecule has 0 saturated carbocycles. The molecule has 0 saturated heterocycles. The molecule has 0 aliphatic heterocycles. The normalized spacial score (nSPS) is 12.5. The molecule has 0 aliphatic carbocycles. The Morgan fingerprint density at radius 1 is 1.36 bits per heavy atom. The Morgan fingerprint density at radius 2 is 2.00 bits per heavy atom. The fourth-order valence-corrected chi connectivity index (χ4v) is 2.42. The zero-order valence-electron chi connectivity index (χ0n) is 6.36. The predicted molar refractivity (Wildman–Crippen MR) is 47.3 cm³/mol. The molecule has 0 unspecified atom stereocenters. The van der Waals surface area contributed by atoms with Gasteiger partial charge in [-0.25, -0.2) is 0 Å². The van der Waals surface area contributed by atoms with Crippen LogP contribution < -0.4 is 4.46 Å². The van der Waals surface area contributed by atoms with Crippen molar-refractivity contribution in [2.45, 2.75) is 11.7 Å². The molecule has 0 amide bonds. The van der Waals surface area contributed by atoms with E-state index in [0.717, 1.165) is 6.29 Å². The van der Waals surface area contributed by atoms with Gasteiger partial charge in [-0.15, -0.1) is 0 Å². The number of hydrogen-bond acceptors (Lipinski definition) is 1. The molecule has 0 bridgehead atoms. The molecule has 0 spiro atoms. The first-order chi connectivity index (χ1) is 5.33. The fourth-order valence-electron chi connectivity index (χ4n) is 0.741. The summed E-state index contributed by atoms with van der Waals surface area (Å²) in [5.74, 6) is 0. The molecule has 0 radical (unpaired) electrons. The topological polar surface area (TPSA) is 17.1 Å². The van der Waals surface area contributed by atoms with Crippen LogP contribution in [0.1, 0.15) is 6.92 Å². The van der Waals surface area contributed by atoms with Crippen molar-refractivity contribution in [2.24, 2.45) is 0 Å². The molecule has 0 N–H and O–H groups in total. The minimum atomic E-state index is 0.199. The second-order valence-electron chi connectivity index (χ2n) is 2.27. The molecule has 0 aliphatic rings. The van der Waals surface area contributed by atoms with Gasteiger partial charge in [0, 0.05) is 0 Å². The average Bonchev–Trinajstić information content (AvgIpc) is 2.06. The van der Waals surface area contributed by atoms with Crippen molar-refractivity contribution in [2.75, 3.05) is 0 Å². The molecule has 0 aromatic heterocycles. The number of hydrogen-bond donors (Lipinski definition) is 0. The van der Waals surface area contributed by atoms with Crippen LogP contribution in [0, 0.1) is 0 Å². The third-order valence-electron chi connectivity index (χ3n) is 1.26. The number of carbonyl (C=O) groups excluding carboxylic acids is 1. The van der Waals surface area contributed by atoms with Crippen molar-refractivity contribution in [1.82, 2.24) is 0 Å². The second-order valence-corrected chi connectivity index (χ2v) is 5.32. The number of rotatable bonds is 3. The van der Waals surface area contributed by atoms with Gasteiger partial charge in [-0.1, -0.05) is 0 Å². The van der Waals surface area contributed by atoms with Crippen LogP contribution in [0.2, 0.25) is 4.82 Å². The van der Waals surface area contributed by atoms with Crippen LogP contribution >= 0.6 is 0 Å². The van der Waals surface area contributed by atoms with Crippen LogP contribution in [0.15, 0.2) is 30.3 Å². The molecule has 0 fully saturated rings. The summed E-state index contributed by atoms with van der Waals surface area (Å²) in [5, 5.41) is 0. The zero-order chi connectivity index (χ0) is 8.10. The van der Waals surface area contributed by atoms with Gasteiger partial charge in [-0.2, -0.15) is 0 Å². The first-order valence-electron chi connectivity index (χ1n) is 3.50. The van der Waals surface area contributed by atoms with E-state index in [2.05, 4.69) is 12.1 Å². The van der Waals surface area contributed by atoms with Crippen LogP contribution in [0.3, 0.4) is 0 Å². The van der Waals surface area contributed by atoms with Gasteiger partial charge in [0.2, 0.25) is 0 Å². The van der Waals surface area contributed by atoms with E-state index in [1.54, 1.807) is 0 Å². The predicted octanol–water partition coefficient (Wildman–Crippen LogP) is 1.02. The Bertz CT molecular complexity index is 220. The average molecular weight is 213 g/mol. The maximum atomic E-state index is 10.3. The van der Waals surface area contributed by atoms with Crippen molar-refractivity contribution in [3.8, 4) is 0 Å². The van der Waals surface area contributed by atoms with Crippen LogP contribution in [0.4, 0.5) is 0 Å². The van der Waals surface area contributed by atoms with Gasteiger partial charge in [0.25, 0.3) is 0 Å². The van der Waals surface area contributed by atoms with E-state index in [9.17, 15) is 4.79 Å². The number of carbonyl (C=O) groups is 1. The molecular formula is C9H10OSe. The molecule has 1 aromatic rings. The van der Waals surface area contributed by atoms with E-state index in [0.29, 0.717) is 15.0 Å².